The van der Waals surface area contributed by atoms with Crippen molar-refractivity contribution in [1.29, 1.82) is 0 Å². The Balaban J connectivity index is 3.01. The summed E-state index contributed by atoms with van der Waals surface area (Å²) in [4.78, 5) is 24.0. The molecule has 0 saturated heterocycles. The largest absolute Gasteiger partial charge is 0.480 e. The number of amides is 1. The van der Waals surface area contributed by atoms with Crippen molar-refractivity contribution < 1.29 is 14.7 Å². The topological polar surface area (TPSA) is 66.4 Å². The molecular formula is C13H17NO3S. The number of hydrogen-bond donors (Lipinski definition) is 2. The lowest BCUT2D eigenvalue weighted by atomic mass is 10.0. The van der Waals surface area contributed by atoms with Gasteiger partial charge in [-0.2, -0.15) is 0 Å². The predicted molar refractivity (Wildman–Crippen MR) is 72.1 cm³/mol. The van der Waals surface area contributed by atoms with Crippen LogP contribution in [0.1, 0.15) is 29.8 Å². The molecule has 1 aromatic rings. The van der Waals surface area contributed by atoms with E-state index < -0.39 is 11.5 Å². The van der Waals surface area contributed by atoms with E-state index >= 15 is 0 Å². The minimum Gasteiger partial charge on any atom is -0.480 e. The van der Waals surface area contributed by atoms with Gasteiger partial charge in [0.2, 0.25) is 0 Å². The summed E-state index contributed by atoms with van der Waals surface area (Å²) >= 11 is 1.54. The van der Waals surface area contributed by atoms with Gasteiger partial charge in [-0.3, -0.25) is 4.79 Å². The van der Waals surface area contributed by atoms with E-state index in [-0.39, 0.29) is 5.91 Å². The zero-order valence-electron chi connectivity index (χ0n) is 10.9. The van der Waals surface area contributed by atoms with Gasteiger partial charge in [-0.05, 0) is 44.7 Å². The first-order chi connectivity index (χ1) is 8.27. The highest BCUT2D eigenvalue weighted by molar-refractivity contribution is 7.98. The van der Waals surface area contributed by atoms with Gasteiger partial charge in [-0.1, -0.05) is 6.07 Å². The number of carbonyl (C=O) groups is 2. The van der Waals surface area contributed by atoms with Gasteiger partial charge in [0.15, 0.2) is 0 Å². The third kappa shape index (κ3) is 3.26. The fraction of sp³-hybridized carbons (Fsp3) is 0.385. The Bertz CT molecular complexity index is 483. The van der Waals surface area contributed by atoms with Gasteiger partial charge >= 0.3 is 5.97 Å². The lowest BCUT2D eigenvalue weighted by molar-refractivity contribution is -0.143. The molecule has 1 amide bonds. The van der Waals surface area contributed by atoms with Gasteiger partial charge in [0, 0.05) is 10.5 Å². The second kappa shape index (κ2) is 5.44. The number of thioether (sulfide) groups is 1. The Labute approximate surface area is 111 Å². The number of carboxylic acids is 1. The Morgan fingerprint density at radius 3 is 2.44 bits per heavy atom. The van der Waals surface area contributed by atoms with E-state index in [0.29, 0.717) is 5.56 Å². The van der Waals surface area contributed by atoms with Crippen molar-refractivity contribution in [3.63, 3.8) is 0 Å². The zero-order chi connectivity index (χ0) is 13.9. The van der Waals surface area contributed by atoms with Gasteiger partial charge in [-0.15, -0.1) is 11.8 Å². The second-order valence-electron chi connectivity index (χ2n) is 4.57. The summed E-state index contributed by atoms with van der Waals surface area (Å²) in [5.74, 6) is -1.43. The molecule has 4 nitrogen and oxygen atoms in total. The molecule has 0 aliphatic carbocycles. The van der Waals surface area contributed by atoms with Crippen molar-refractivity contribution >= 4 is 23.6 Å². The van der Waals surface area contributed by atoms with Crippen LogP contribution in [0.15, 0.2) is 23.1 Å². The molecule has 1 aromatic carbocycles. The molecule has 2 N–H and O–H groups in total. The van der Waals surface area contributed by atoms with Crippen LogP contribution in [-0.4, -0.2) is 28.8 Å². The van der Waals surface area contributed by atoms with Gasteiger partial charge in [0.1, 0.15) is 5.54 Å². The molecule has 0 atom stereocenters. The molecule has 0 radical (unpaired) electrons. The summed E-state index contributed by atoms with van der Waals surface area (Å²) in [6, 6.07) is 5.56. The molecule has 0 unspecified atom stereocenters. The maximum atomic E-state index is 12.1. The van der Waals surface area contributed by atoms with Crippen molar-refractivity contribution in [2.75, 3.05) is 6.26 Å². The molecule has 1 rings (SSSR count). The first-order valence-corrected chi connectivity index (χ1v) is 6.71. The number of carbonyl (C=O) groups excluding carboxylic acids is 1. The fourth-order valence-electron chi connectivity index (χ4n) is 1.38. The molecule has 98 valence electrons. The number of benzene rings is 1. The van der Waals surface area contributed by atoms with E-state index in [0.717, 1.165) is 10.5 Å². The molecule has 0 saturated carbocycles. The van der Waals surface area contributed by atoms with E-state index in [4.69, 9.17) is 5.11 Å². The molecule has 5 heteroatoms. The Morgan fingerprint density at radius 2 is 1.94 bits per heavy atom. The molecule has 0 fully saturated rings. The molecule has 18 heavy (non-hydrogen) atoms. The van der Waals surface area contributed by atoms with Crippen LogP contribution in [0.4, 0.5) is 0 Å². The Hall–Kier alpha value is -1.49. The summed E-state index contributed by atoms with van der Waals surface area (Å²) in [5.41, 5.74) is 0.0569. The lowest BCUT2D eigenvalue weighted by Gasteiger charge is -2.21. The average molecular weight is 267 g/mol. The van der Waals surface area contributed by atoms with E-state index in [2.05, 4.69) is 5.32 Å². The molecule has 0 bridgehead atoms. The molecule has 0 aromatic heterocycles. The van der Waals surface area contributed by atoms with Gasteiger partial charge in [0.05, 0.1) is 0 Å². The Morgan fingerprint density at radius 1 is 1.33 bits per heavy atom. The summed E-state index contributed by atoms with van der Waals surface area (Å²) in [7, 11) is 0. The van der Waals surface area contributed by atoms with E-state index in [1.54, 1.807) is 6.07 Å². The van der Waals surface area contributed by atoms with Gasteiger partial charge < -0.3 is 10.4 Å². The molecular weight excluding hydrogens is 250 g/mol. The number of carboxylic acid groups (broad SMARTS) is 1. The monoisotopic (exact) mass is 267 g/mol. The van der Waals surface area contributed by atoms with Crippen LogP contribution in [0.5, 0.6) is 0 Å². The van der Waals surface area contributed by atoms with Crippen molar-refractivity contribution in [3.8, 4) is 0 Å². The summed E-state index contributed by atoms with van der Waals surface area (Å²) in [5, 5.41) is 11.5. The first-order valence-electron chi connectivity index (χ1n) is 5.48. The second-order valence-corrected chi connectivity index (χ2v) is 5.44. The van der Waals surface area contributed by atoms with Crippen molar-refractivity contribution in [2.45, 2.75) is 31.2 Å². The summed E-state index contributed by atoms with van der Waals surface area (Å²) in [6.07, 6.45) is 1.92. The zero-order valence-corrected chi connectivity index (χ0v) is 11.7. The van der Waals surface area contributed by atoms with Crippen LogP contribution in [0.25, 0.3) is 0 Å². The van der Waals surface area contributed by atoms with Crippen LogP contribution in [0.2, 0.25) is 0 Å². The van der Waals surface area contributed by atoms with Crippen LogP contribution in [0, 0.1) is 6.92 Å². The molecule has 0 spiro atoms. The average Bonchev–Trinajstić information content (AvgIpc) is 2.28. The quantitative estimate of drug-likeness (QED) is 0.822. The summed E-state index contributed by atoms with van der Waals surface area (Å²) in [6.45, 7) is 4.74. The highest BCUT2D eigenvalue weighted by Gasteiger charge is 2.29. The number of nitrogens with one attached hydrogen (secondary N) is 1. The van der Waals surface area contributed by atoms with Crippen molar-refractivity contribution in [2.24, 2.45) is 0 Å². The van der Waals surface area contributed by atoms with Crippen molar-refractivity contribution in [1.82, 2.24) is 5.32 Å². The summed E-state index contributed by atoms with van der Waals surface area (Å²) < 4.78 is 0. The van der Waals surface area contributed by atoms with Gasteiger partial charge in [0.25, 0.3) is 5.91 Å². The normalized spacial score (nSPS) is 11.1. The molecule has 0 aliphatic heterocycles. The number of rotatable bonds is 4. The third-order valence-electron chi connectivity index (χ3n) is 2.65. The minimum atomic E-state index is -1.28. The highest BCUT2D eigenvalue weighted by Crippen LogP contribution is 2.19. The standard InChI is InChI=1S/C13H17NO3S/c1-8-5-6-9(18-4)7-10(8)11(15)14-13(2,3)12(16)17/h5-7H,1-4H3,(H,14,15)(H,16,17). The first kappa shape index (κ1) is 14.6. The fourth-order valence-corrected chi connectivity index (χ4v) is 1.82. The van der Waals surface area contributed by atoms with Crippen LogP contribution in [0.3, 0.4) is 0 Å². The maximum Gasteiger partial charge on any atom is 0.328 e. The SMILES string of the molecule is CSc1ccc(C)c(C(=O)NC(C)(C)C(=O)O)c1. The maximum absolute atomic E-state index is 12.1. The number of aryl methyl sites for hydroxylation is 1. The number of hydrogen-bond acceptors (Lipinski definition) is 3. The predicted octanol–water partition coefficient (Wildman–Crippen LogP) is 2.31. The minimum absolute atomic E-state index is 0.365. The molecule has 0 aliphatic rings. The number of aliphatic carboxylic acids is 1. The van der Waals surface area contributed by atoms with E-state index in [1.165, 1.54) is 25.6 Å². The smallest absolute Gasteiger partial charge is 0.328 e. The van der Waals surface area contributed by atoms with E-state index in [9.17, 15) is 9.59 Å². The van der Waals surface area contributed by atoms with E-state index in [1.807, 2.05) is 25.3 Å². The lowest BCUT2D eigenvalue weighted by Crippen LogP contribution is -2.49. The van der Waals surface area contributed by atoms with Crippen LogP contribution in [-0.2, 0) is 4.79 Å². The van der Waals surface area contributed by atoms with Crippen molar-refractivity contribution in [3.05, 3.63) is 29.3 Å². The van der Waals surface area contributed by atoms with Gasteiger partial charge in [-0.25, -0.2) is 4.79 Å². The molecule has 0 heterocycles. The Kier molecular flexibility index (Phi) is 4.40. The van der Waals surface area contributed by atoms with Crippen LogP contribution < -0.4 is 5.32 Å². The third-order valence-corrected chi connectivity index (χ3v) is 3.38. The highest BCUT2D eigenvalue weighted by atomic mass is 32.2. The van der Waals surface area contributed by atoms with Crippen LogP contribution >= 0.6 is 11.8 Å².